The van der Waals surface area contributed by atoms with Gasteiger partial charge in [-0.15, -0.1) is 0 Å². The number of piperidine rings is 1. The predicted molar refractivity (Wildman–Crippen MR) is 106 cm³/mol. The first-order chi connectivity index (χ1) is 14.1. The zero-order chi connectivity index (χ0) is 20.2. The van der Waals surface area contributed by atoms with Crippen LogP contribution in [0.1, 0.15) is 33.6 Å². The van der Waals surface area contributed by atoms with E-state index in [0.29, 0.717) is 29.4 Å². The summed E-state index contributed by atoms with van der Waals surface area (Å²) in [5.41, 5.74) is 1.77. The Kier molecular flexibility index (Phi) is 5.24. The van der Waals surface area contributed by atoms with E-state index in [-0.39, 0.29) is 17.3 Å². The second kappa shape index (κ2) is 8.14. The molecule has 0 bridgehead atoms. The Labute approximate surface area is 167 Å². The van der Waals surface area contributed by atoms with Gasteiger partial charge < -0.3 is 10.0 Å². The highest BCUT2D eigenvalue weighted by atomic mass is 16.4. The van der Waals surface area contributed by atoms with Gasteiger partial charge in [0.25, 0.3) is 0 Å². The number of nitrogens with zero attached hydrogens (tertiary/aromatic N) is 5. The third-order valence-corrected chi connectivity index (χ3v) is 4.93. The Morgan fingerprint density at radius 1 is 1.03 bits per heavy atom. The first-order valence-electron chi connectivity index (χ1n) is 9.34. The van der Waals surface area contributed by atoms with Gasteiger partial charge in [-0.3, -0.25) is 14.8 Å². The summed E-state index contributed by atoms with van der Waals surface area (Å²) in [5, 5.41) is 9.18. The number of hydrogen-bond donors (Lipinski definition) is 1. The van der Waals surface area contributed by atoms with Crippen LogP contribution in [0, 0.1) is 5.92 Å². The third kappa shape index (κ3) is 4.11. The standard InChI is InChI=1S/C21H19N5O3/c27-19(15-3-1-7-22-12-15)16-4-2-10-26(13-16)21-24-9-6-17(25-21)18-11-14(20(28)29)5-8-23-18/h1,3,5-9,11-12,16H,2,4,10,13H2,(H,28,29). The number of carbonyl (C=O) groups is 2. The van der Waals surface area contributed by atoms with Gasteiger partial charge in [-0.2, -0.15) is 0 Å². The molecule has 1 fully saturated rings. The van der Waals surface area contributed by atoms with Crippen LogP contribution in [0.4, 0.5) is 5.95 Å². The second-order valence-corrected chi connectivity index (χ2v) is 6.87. The molecule has 3 aromatic heterocycles. The van der Waals surface area contributed by atoms with Crippen LogP contribution in [-0.2, 0) is 0 Å². The maximum absolute atomic E-state index is 12.8. The third-order valence-electron chi connectivity index (χ3n) is 4.93. The largest absolute Gasteiger partial charge is 0.478 e. The van der Waals surface area contributed by atoms with Crippen LogP contribution in [0.3, 0.4) is 0 Å². The number of carboxylic acid groups (broad SMARTS) is 1. The molecule has 0 amide bonds. The van der Waals surface area contributed by atoms with Gasteiger partial charge in [0.2, 0.25) is 5.95 Å². The average molecular weight is 389 g/mol. The minimum absolute atomic E-state index is 0.0785. The quantitative estimate of drug-likeness (QED) is 0.664. The molecule has 1 atom stereocenters. The SMILES string of the molecule is O=C(O)c1ccnc(-c2ccnc(N3CCCC(C(=O)c4cccnc4)C3)n2)c1. The van der Waals surface area contributed by atoms with Gasteiger partial charge in [-0.05, 0) is 43.2 Å². The van der Waals surface area contributed by atoms with Crippen LogP contribution < -0.4 is 4.90 Å². The highest BCUT2D eigenvalue weighted by molar-refractivity contribution is 5.98. The van der Waals surface area contributed by atoms with Crippen molar-refractivity contribution in [1.29, 1.82) is 0 Å². The molecule has 1 unspecified atom stereocenters. The van der Waals surface area contributed by atoms with E-state index in [9.17, 15) is 14.7 Å². The van der Waals surface area contributed by atoms with E-state index in [2.05, 4.69) is 19.9 Å². The van der Waals surface area contributed by atoms with Crippen molar-refractivity contribution < 1.29 is 14.7 Å². The fourth-order valence-electron chi connectivity index (χ4n) is 3.46. The lowest BCUT2D eigenvalue weighted by Gasteiger charge is -2.32. The number of hydrogen-bond acceptors (Lipinski definition) is 7. The topological polar surface area (TPSA) is 109 Å². The summed E-state index contributed by atoms with van der Waals surface area (Å²) >= 11 is 0. The van der Waals surface area contributed by atoms with Crippen molar-refractivity contribution in [2.75, 3.05) is 18.0 Å². The van der Waals surface area contributed by atoms with E-state index < -0.39 is 5.97 Å². The highest BCUT2D eigenvalue weighted by Gasteiger charge is 2.28. The summed E-state index contributed by atoms with van der Waals surface area (Å²) < 4.78 is 0. The van der Waals surface area contributed by atoms with Gasteiger partial charge in [0.1, 0.15) is 0 Å². The van der Waals surface area contributed by atoms with Gasteiger partial charge in [-0.1, -0.05) is 0 Å². The number of carboxylic acids is 1. The normalized spacial score (nSPS) is 16.4. The zero-order valence-corrected chi connectivity index (χ0v) is 15.6. The molecule has 1 saturated heterocycles. The van der Waals surface area contributed by atoms with E-state index in [1.165, 1.54) is 18.3 Å². The lowest BCUT2D eigenvalue weighted by atomic mass is 9.91. The average Bonchev–Trinajstić information content (AvgIpc) is 2.79. The Balaban J connectivity index is 1.56. The first kappa shape index (κ1) is 18.7. The Morgan fingerprint density at radius 3 is 2.69 bits per heavy atom. The predicted octanol–water partition coefficient (Wildman–Crippen LogP) is 2.73. The number of aromatic nitrogens is 4. The second-order valence-electron chi connectivity index (χ2n) is 6.87. The number of aromatic carboxylic acids is 1. The van der Waals surface area contributed by atoms with Crippen molar-refractivity contribution in [3.63, 3.8) is 0 Å². The molecule has 0 aromatic carbocycles. The van der Waals surface area contributed by atoms with E-state index in [1.807, 2.05) is 4.90 Å². The van der Waals surface area contributed by atoms with Crippen molar-refractivity contribution in [2.45, 2.75) is 12.8 Å². The molecule has 1 N–H and O–H groups in total. The maximum Gasteiger partial charge on any atom is 0.335 e. The molecule has 8 heteroatoms. The van der Waals surface area contributed by atoms with Crippen molar-refractivity contribution in [3.05, 3.63) is 66.2 Å². The summed E-state index contributed by atoms with van der Waals surface area (Å²) in [6.45, 7) is 1.28. The van der Waals surface area contributed by atoms with Gasteiger partial charge in [-0.25, -0.2) is 14.8 Å². The van der Waals surface area contributed by atoms with Crippen molar-refractivity contribution in [3.8, 4) is 11.4 Å². The molecule has 0 aliphatic carbocycles. The Hall–Kier alpha value is -3.68. The van der Waals surface area contributed by atoms with Crippen LogP contribution in [0.15, 0.2) is 55.1 Å². The molecule has 0 saturated carbocycles. The summed E-state index contributed by atoms with van der Waals surface area (Å²) in [6.07, 6.45) is 7.99. The first-order valence-corrected chi connectivity index (χ1v) is 9.34. The van der Waals surface area contributed by atoms with Crippen molar-refractivity contribution in [1.82, 2.24) is 19.9 Å². The number of pyridine rings is 2. The molecular formula is C21H19N5O3. The smallest absolute Gasteiger partial charge is 0.335 e. The molecule has 29 heavy (non-hydrogen) atoms. The summed E-state index contributed by atoms with van der Waals surface area (Å²) in [5.74, 6) is -0.576. The van der Waals surface area contributed by atoms with Crippen molar-refractivity contribution in [2.24, 2.45) is 5.92 Å². The van der Waals surface area contributed by atoms with Crippen LogP contribution in [0.5, 0.6) is 0 Å². The minimum atomic E-state index is -1.02. The fraction of sp³-hybridized carbons (Fsp3) is 0.238. The number of carbonyl (C=O) groups excluding carboxylic acids is 1. The van der Waals surface area contributed by atoms with Crippen LogP contribution in [0.2, 0.25) is 0 Å². The highest BCUT2D eigenvalue weighted by Crippen LogP contribution is 2.25. The molecule has 146 valence electrons. The number of Topliss-reactive ketones (excluding diaryl/α,β-unsaturated/α-hetero) is 1. The maximum atomic E-state index is 12.8. The lowest BCUT2D eigenvalue weighted by molar-refractivity contribution is 0.0696. The Morgan fingerprint density at radius 2 is 1.90 bits per heavy atom. The molecular weight excluding hydrogens is 370 g/mol. The molecule has 3 aromatic rings. The summed E-state index contributed by atoms with van der Waals surface area (Å²) in [7, 11) is 0. The molecule has 0 spiro atoms. The van der Waals surface area contributed by atoms with E-state index >= 15 is 0 Å². The van der Waals surface area contributed by atoms with Gasteiger partial charge in [0.15, 0.2) is 5.78 Å². The molecule has 4 heterocycles. The summed E-state index contributed by atoms with van der Waals surface area (Å²) in [6, 6.07) is 8.16. The van der Waals surface area contributed by atoms with Gasteiger partial charge >= 0.3 is 5.97 Å². The molecule has 1 aliphatic heterocycles. The van der Waals surface area contributed by atoms with Crippen LogP contribution in [-0.4, -0.2) is 49.9 Å². The molecule has 8 nitrogen and oxygen atoms in total. The molecule has 4 rings (SSSR count). The minimum Gasteiger partial charge on any atom is -0.478 e. The molecule has 0 radical (unpaired) electrons. The van der Waals surface area contributed by atoms with Crippen LogP contribution in [0.25, 0.3) is 11.4 Å². The van der Waals surface area contributed by atoms with Crippen LogP contribution >= 0.6 is 0 Å². The van der Waals surface area contributed by atoms with E-state index in [0.717, 1.165) is 19.4 Å². The lowest BCUT2D eigenvalue weighted by Crippen LogP contribution is -2.39. The van der Waals surface area contributed by atoms with E-state index in [1.54, 1.807) is 36.8 Å². The van der Waals surface area contributed by atoms with Crippen molar-refractivity contribution >= 4 is 17.7 Å². The molecule has 1 aliphatic rings. The zero-order valence-electron chi connectivity index (χ0n) is 15.6. The monoisotopic (exact) mass is 389 g/mol. The number of ketones is 1. The number of rotatable bonds is 5. The van der Waals surface area contributed by atoms with E-state index in [4.69, 9.17) is 0 Å². The Bertz CT molecular complexity index is 1040. The summed E-state index contributed by atoms with van der Waals surface area (Å²) in [4.78, 5) is 43.2. The number of anilines is 1. The van der Waals surface area contributed by atoms with Gasteiger partial charge in [0.05, 0.1) is 17.0 Å². The fourth-order valence-corrected chi connectivity index (χ4v) is 3.46. The van der Waals surface area contributed by atoms with Gasteiger partial charge in [0, 0.05) is 49.4 Å².